The van der Waals surface area contributed by atoms with Crippen molar-refractivity contribution in [1.29, 1.82) is 0 Å². The Kier molecular flexibility index (Phi) is 6.57. The predicted molar refractivity (Wildman–Crippen MR) is 118 cm³/mol. The van der Waals surface area contributed by atoms with Crippen molar-refractivity contribution in [2.45, 2.75) is 30.6 Å². The monoisotopic (exact) mass is 459 g/mol. The van der Waals surface area contributed by atoms with Gasteiger partial charge in [0.1, 0.15) is 5.82 Å². The highest BCUT2D eigenvalue weighted by Crippen LogP contribution is 2.26. The van der Waals surface area contributed by atoms with Crippen LogP contribution < -0.4 is 5.32 Å². The number of hydrogen-bond acceptors (Lipinski definition) is 4. The van der Waals surface area contributed by atoms with Crippen molar-refractivity contribution < 1.29 is 22.4 Å². The third-order valence-corrected chi connectivity index (χ3v) is 7.89. The summed E-state index contributed by atoms with van der Waals surface area (Å²) in [6.45, 7) is 1.75. The number of anilines is 1. The fourth-order valence-corrected chi connectivity index (χ4v) is 5.76. The van der Waals surface area contributed by atoms with E-state index in [1.165, 1.54) is 16.4 Å². The molecule has 4 rings (SSSR count). The Balaban J connectivity index is 1.47. The molecule has 2 amide bonds. The lowest BCUT2D eigenvalue weighted by Gasteiger charge is -2.31. The second-order valence-electron chi connectivity index (χ2n) is 8.19. The van der Waals surface area contributed by atoms with Gasteiger partial charge in [-0.3, -0.25) is 9.59 Å². The van der Waals surface area contributed by atoms with Crippen LogP contribution in [-0.2, 0) is 14.8 Å². The highest BCUT2D eigenvalue weighted by molar-refractivity contribution is 7.89. The summed E-state index contributed by atoms with van der Waals surface area (Å²) in [5.74, 6) is -1.48. The highest BCUT2D eigenvalue weighted by Gasteiger charge is 2.34. The predicted octanol–water partition coefficient (Wildman–Crippen LogP) is 3.10. The number of amides is 2. The van der Waals surface area contributed by atoms with E-state index in [0.717, 1.165) is 25.0 Å². The Bertz CT molecular complexity index is 1100. The molecule has 0 radical (unpaired) electrons. The number of nitrogens with zero attached hydrogens (tertiary/aromatic N) is 2. The van der Waals surface area contributed by atoms with Crippen molar-refractivity contribution in [3.8, 4) is 0 Å². The Labute approximate surface area is 187 Å². The molecule has 2 aromatic rings. The SMILES string of the molecule is O=C(Nc1ccccc1C(=O)N1CCCC1)C1CCCN(S(=O)(=O)c2ccc(F)cc2)C1. The molecular weight excluding hydrogens is 433 g/mol. The lowest BCUT2D eigenvalue weighted by atomic mass is 9.98. The fraction of sp³-hybridized carbons (Fsp3) is 0.391. The van der Waals surface area contributed by atoms with E-state index in [-0.39, 0.29) is 23.3 Å². The molecule has 2 aliphatic rings. The number of piperidine rings is 1. The molecule has 1 atom stereocenters. The molecule has 2 saturated heterocycles. The molecule has 170 valence electrons. The van der Waals surface area contributed by atoms with Gasteiger partial charge in [-0.15, -0.1) is 0 Å². The molecule has 0 aliphatic carbocycles. The Morgan fingerprint density at radius 2 is 1.62 bits per heavy atom. The first-order valence-corrected chi connectivity index (χ1v) is 12.2. The summed E-state index contributed by atoms with van der Waals surface area (Å²) < 4.78 is 40.3. The summed E-state index contributed by atoms with van der Waals surface area (Å²) in [6.07, 6.45) is 3.03. The van der Waals surface area contributed by atoms with Crippen molar-refractivity contribution >= 4 is 27.5 Å². The van der Waals surface area contributed by atoms with Crippen LogP contribution in [0.1, 0.15) is 36.0 Å². The third kappa shape index (κ3) is 4.68. The molecule has 2 aromatic carbocycles. The van der Waals surface area contributed by atoms with E-state index in [1.807, 2.05) is 0 Å². The van der Waals surface area contributed by atoms with Gasteiger partial charge in [-0.05, 0) is 62.1 Å². The van der Waals surface area contributed by atoms with Gasteiger partial charge in [-0.1, -0.05) is 12.1 Å². The lowest BCUT2D eigenvalue weighted by molar-refractivity contribution is -0.120. The van der Waals surface area contributed by atoms with Crippen LogP contribution in [0.3, 0.4) is 0 Å². The number of carbonyl (C=O) groups is 2. The summed E-state index contributed by atoms with van der Waals surface area (Å²) >= 11 is 0. The van der Waals surface area contributed by atoms with Crippen LogP contribution in [0.5, 0.6) is 0 Å². The van der Waals surface area contributed by atoms with Gasteiger partial charge in [-0.2, -0.15) is 4.31 Å². The molecule has 2 heterocycles. The summed E-state index contributed by atoms with van der Waals surface area (Å²) in [5.41, 5.74) is 0.877. The van der Waals surface area contributed by atoms with Gasteiger partial charge in [-0.25, -0.2) is 12.8 Å². The molecular formula is C23H26FN3O4S. The molecule has 9 heteroatoms. The minimum atomic E-state index is -3.82. The Morgan fingerprint density at radius 3 is 2.34 bits per heavy atom. The number of rotatable bonds is 5. The molecule has 0 bridgehead atoms. The minimum absolute atomic E-state index is 0.00140. The smallest absolute Gasteiger partial charge is 0.255 e. The van der Waals surface area contributed by atoms with Crippen LogP contribution in [0.15, 0.2) is 53.4 Å². The van der Waals surface area contributed by atoms with Gasteiger partial charge in [0.15, 0.2) is 0 Å². The average Bonchev–Trinajstić information content (AvgIpc) is 3.34. The van der Waals surface area contributed by atoms with Crippen LogP contribution in [0.2, 0.25) is 0 Å². The quantitative estimate of drug-likeness (QED) is 0.745. The Hall–Kier alpha value is -2.78. The number of nitrogens with one attached hydrogen (secondary N) is 1. The first kappa shape index (κ1) is 22.4. The van der Waals surface area contributed by atoms with E-state index in [1.54, 1.807) is 29.2 Å². The topological polar surface area (TPSA) is 86.8 Å². The van der Waals surface area contributed by atoms with Gasteiger partial charge < -0.3 is 10.2 Å². The zero-order valence-electron chi connectivity index (χ0n) is 17.7. The Morgan fingerprint density at radius 1 is 0.938 bits per heavy atom. The van der Waals surface area contributed by atoms with Crippen LogP contribution in [0, 0.1) is 11.7 Å². The lowest BCUT2D eigenvalue weighted by Crippen LogP contribution is -2.43. The maximum atomic E-state index is 13.2. The molecule has 32 heavy (non-hydrogen) atoms. The molecule has 0 saturated carbocycles. The largest absolute Gasteiger partial charge is 0.339 e. The molecule has 1 unspecified atom stereocenters. The van der Waals surface area contributed by atoms with E-state index in [9.17, 15) is 22.4 Å². The number of para-hydroxylation sites is 1. The zero-order valence-corrected chi connectivity index (χ0v) is 18.5. The number of halogens is 1. The molecule has 1 N–H and O–H groups in total. The average molecular weight is 460 g/mol. The molecule has 7 nitrogen and oxygen atoms in total. The van der Waals surface area contributed by atoms with Crippen molar-refractivity contribution in [2.75, 3.05) is 31.5 Å². The van der Waals surface area contributed by atoms with Crippen molar-refractivity contribution in [2.24, 2.45) is 5.92 Å². The normalized spacial score (nSPS) is 19.7. The number of benzene rings is 2. The van der Waals surface area contributed by atoms with Crippen LogP contribution >= 0.6 is 0 Å². The first-order chi connectivity index (χ1) is 15.4. The molecule has 0 spiro atoms. The van der Waals surface area contributed by atoms with Gasteiger partial charge in [0.25, 0.3) is 5.91 Å². The second kappa shape index (κ2) is 9.38. The highest BCUT2D eigenvalue weighted by atomic mass is 32.2. The van der Waals surface area contributed by atoms with Crippen LogP contribution in [0.4, 0.5) is 10.1 Å². The summed E-state index contributed by atoms with van der Waals surface area (Å²) in [7, 11) is -3.82. The zero-order chi connectivity index (χ0) is 22.7. The van der Waals surface area contributed by atoms with E-state index >= 15 is 0 Å². The van der Waals surface area contributed by atoms with Gasteiger partial charge >= 0.3 is 0 Å². The fourth-order valence-electron chi connectivity index (χ4n) is 4.23. The molecule has 2 aliphatic heterocycles. The van der Waals surface area contributed by atoms with E-state index in [0.29, 0.717) is 43.7 Å². The number of carbonyl (C=O) groups excluding carboxylic acids is 2. The van der Waals surface area contributed by atoms with Gasteiger partial charge in [0, 0.05) is 26.2 Å². The summed E-state index contributed by atoms with van der Waals surface area (Å²) in [4.78, 5) is 27.6. The van der Waals surface area contributed by atoms with E-state index in [2.05, 4.69) is 5.32 Å². The number of likely N-dealkylation sites (tertiary alicyclic amines) is 1. The standard InChI is InChI=1S/C23H26FN3O4S/c24-18-9-11-19(12-10-18)32(30,31)27-15-5-6-17(16-27)22(28)25-21-8-2-1-7-20(21)23(29)26-13-3-4-14-26/h1-2,7-12,17H,3-6,13-16H2,(H,25,28). The van der Waals surface area contributed by atoms with Gasteiger partial charge in [0.2, 0.25) is 15.9 Å². The third-order valence-electron chi connectivity index (χ3n) is 6.01. The van der Waals surface area contributed by atoms with E-state index in [4.69, 9.17) is 0 Å². The van der Waals surface area contributed by atoms with Crippen molar-refractivity contribution in [3.05, 3.63) is 59.9 Å². The molecule has 0 aromatic heterocycles. The van der Waals surface area contributed by atoms with E-state index < -0.39 is 21.8 Å². The summed E-state index contributed by atoms with van der Waals surface area (Å²) in [5, 5.41) is 2.85. The maximum absolute atomic E-state index is 13.2. The first-order valence-electron chi connectivity index (χ1n) is 10.8. The van der Waals surface area contributed by atoms with Gasteiger partial charge in [0.05, 0.1) is 22.1 Å². The molecule has 2 fully saturated rings. The second-order valence-corrected chi connectivity index (χ2v) is 10.1. The number of sulfonamides is 1. The minimum Gasteiger partial charge on any atom is -0.339 e. The van der Waals surface area contributed by atoms with Crippen molar-refractivity contribution in [1.82, 2.24) is 9.21 Å². The van der Waals surface area contributed by atoms with Crippen molar-refractivity contribution in [3.63, 3.8) is 0 Å². The maximum Gasteiger partial charge on any atom is 0.255 e. The number of hydrogen-bond donors (Lipinski definition) is 1. The summed E-state index contributed by atoms with van der Waals surface area (Å²) in [6, 6.07) is 11.6. The van der Waals surface area contributed by atoms with Crippen LogP contribution in [0.25, 0.3) is 0 Å². The van der Waals surface area contributed by atoms with Crippen LogP contribution in [-0.4, -0.2) is 55.6 Å².